The zero-order valence-electron chi connectivity index (χ0n) is 6.34. The molecule has 2 heterocycles. The zero-order chi connectivity index (χ0) is 9.42. The minimum atomic E-state index is -0.206. The molecule has 2 aromatic rings. The van der Waals surface area contributed by atoms with Crippen LogP contribution in [0.1, 0.15) is 0 Å². The number of fused-ring (bicyclic) bond motifs is 1. The van der Waals surface area contributed by atoms with Gasteiger partial charge in [0.2, 0.25) is 0 Å². The summed E-state index contributed by atoms with van der Waals surface area (Å²) >= 11 is 8.85. The van der Waals surface area contributed by atoms with Crippen molar-refractivity contribution in [3.63, 3.8) is 0 Å². The summed E-state index contributed by atoms with van der Waals surface area (Å²) in [6, 6.07) is 3.47. The number of aromatic amines is 1. The summed E-state index contributed by atoms with van der Waals surface area (Å²) in [7, 11) is 0. The first-order valence-electron chi connectivity index (χ1n) is 3.52. The fourth-order valence-electron chi connectivity index (χ4n) is 1.05. The summed E-state index contributed by atoms with van der Waals surface area (Å²) in [5.74, 6) is 0. The molecule has 0 spiro atoms. The fourth-order valence-corrected chi connectivity index (χ4v) is 1.63. The summed E-state index contributed by atoms with van der Waals surface area (Å²) in [4.78, 5) is 17.8. The van der Waals surface area contributed by atoms with Crippen molar-refractivity contribution in [2.45, 2.75) is 0 Å². The van der Waals surface area contributed by atoms with Crippen molar-refractivity contribution in [2.75, 3.05) is 0 Å². The van der Waals surface area contributed by atoms with Gasteiger partial charge in [0.05, 0.1) is 5.52 Å². The third-order valence-corrected chi connectivity index (χ3v) is 2.60. The Kier molecular flexibility index (Phi) is 2.09. The van der Waals surface area contributed by atoms with Gasteiger partial charge in [-0.1, -0.05) is 11.6 Å². The number of hydrogen-bond acceptors (Lipinski definition) is 2. The molecule has 0 saturated carbocycles. The lowest BCUT2D eigenvalue weighted by Crippen LogP contribution is -2.06. The van der Waals surface area contributed by atoms with Gasteiger partial charge in [-0.15, -0.1) is 0 Å². The number of aromatic nitrogens is 2. The van der Waals surface area contributed by atoms with Crippen molar-refractivity contribution < 1.29 is 0 Å². The molecule has 0 bridgehead atoms. The number of halogens is 2. The molecule has 3 nitrogen and oxygen atoms in total. The monoisotopic (exact) mass is 258 g/mol. The van der Waals surface area contributed by atoms with Crippen LogP contribution in [0.4, 0.5) is 0 Å². The molecule has 0 aliphatic heterocycles. The van der Waals surface area contributed by atoms with E-state index in [0.29, 0.717) is 15.1 Å². The van der Waals surface area contributed by atoms with Crippen molar-refractivity contribution in [1.29, 1.82) is 0 Å². The van der Waals surface area contributed by atoms with E-state index in [1.54, 1.807) is 18.3 Å². The molecule has 0 amide bonds. The number of H-pyrrole nitrogens is 1. The highest BCUT2D eigenvalue weighted by Crippen LogP contribution is 2.19. The Hall–Kier alpha value is -0.870. The maximum Gasteiger partial charge on any atom is 0.264 e. The van der Waals surface area contributed by atoms with Crippen molar-refractivity contribution in [1.82, 2.24) is 9.97 Å². The fraction of sp³-hybridized carbons (Fsp3) is 0. The van der Waals surface area contributed by atoms with E-state index in [0.717, 1.165) is 5.39 Å². The van der Waals surface area contributed by atoms with Gasteiger partial charge in [0.1, 0.15) is 9.63 Å². The van der Waals surface area contributed by atoms with E-state index in [1.165, 1.54) is 0 Å². The number of rotatable bonds is 0. The third-order valence-electron chi connectivity index (χ3n) is 1.66. The highest BCUT2D eigenvalue weighted by Gasteiger charge is 2.04. The highest BCUT2D eigenvalue weighted by molar-refractivity contribution is 9.10. The molecular formula is C8H4BrClN2O. The molecule has 0 aliphatic carbocycles. The van der Waals surface area contributed by atoms with Crippen molar-refractivity contribution in [3.05, 3.63) is 38.3 Å². The van der Waals surface area contributed by atoms with Gasteiger partial charge < -0.3 is 4.98 Å². The number of hydrogen-bond donors (Lipinski definition) is 1. The first kappa shape index (κ1) is 8.72. The second-order valence-electron chi connectivity index (χ2n) is 2.50. The average molecular weight is 259 g/mol. The topological polar surface area (TPSA) is 45.8 Å². The number of nitrogens with zero attached hydrogens (tertiary/aromatic N) is 1. The van der Waals surface area contributed by atoms with Crippen LogP contribution in [0.2, 0.25) is 5.15 Å². The molecule has 0 fully saturated rings. The van der Waals surface area contributed by atoms with E-state index in [-0.39, 0.29) is 5.56 Å². The Balaban J connectivity index is 2.97. The van der Waals surface area contributed by atoms with Crippen molar-refractivity contribution >= 4 is 38.4 Å². The first-order chi connectivity index (χ1) is 6.18. The van der Waals surface area contributed by atoms with Crippen LogP contribution in [0.25, 0.3) is 10.9 Å². The predicted octanol–water partition coefficient (Wildman–Crippen LogP) is 2.34. The molecule has 0 unspecified atom stereocenters. The molecule has 0 radical (unpaired) electrons. The molecule has 66 valence electrons. The Morgan fingerprint density at radius 3 is 3.00 bits per heavy atom. The van der Waals surface area contributed by atoms with Crippen LogP contribution in [-0.4, -0.2) is 9.97 Å². The molecule has 13 heavy (non-hydrogen) atoms. The van der Waals surface area contributed by atoms with Crippen molar-refractivity contribution in [3.8, 4) is 0 Å². The van der Waals surface area contributed by atoms with Gasteiger partial charge in [0, 0.05) is 11.6 Å². The van der Waals surface area contributed by atoms with Gasteiger partial charge in [-0.05, 0) is 28.1 Å². The van der Waals surface area contributed by atoms with Gasteiger partial charge in [-0.2, -0.15) is 0 Å². The lowest BCUT2D eigenvalue weighted by atomic mass is 10.3. The van der Waals surface area contributed by atoms with Gasteiger partial charge in [0.15, 0.2) is 0 Å². The summed E-state index contributed by atoms with van der Waals surface area (Å²) in [6.45, 7) is 0. The second kappa shape index (κ2) is 3.12. The number of nitrogens with one attached hydrogen (secondary N) is 1. The van der Waals surface area contributed by atoms with E-state index in [1.807, 2.05) is 0 Å². The van der Waals surface area contributed by atoms with E-state index in [9.17, 15) is 4.79 Å². The molecule has 0 aromatic carbocycles. The van der Waals surface area contributed by atoms with Crippen LogP contribution in [-0.2, 0) is 0 Å². The summed E-state index contributed by atoms with van der Waals surface area (Å²) in [5.41, 5.74) is 0.374. The van der Waals surface area contributed by atoms with Crippen LogP contribution >= 0.6 is 27.5 Å². The van der Waals surface area contributed by atoms with Crippen molar-refractivity contribution in [2.24, 2.45) is 0 Å². The SMILES string of the molecule is O=c1[nH]cc2ccc(Cl)nc2c1Br. The largest absolute Gasteiger partial charge is 0.327 e. The molecule has 5 heteroatoms. The van der Waals surface area contributed by atoms with Gasteiger partial charge in [-0.3, -0.25) is 4.79 Å². The van der Waals surface area contributed by atoms with Crippen LogP contribution in [0.3, 0.4) is 0 Å². The molecule has 2 rings (SSSR count). The summed E-state index contributed by atoms with van der Waals surface area (Å²) < 4.78 is 0.410. The highest BCUT2D eigenvalue weighted by atomic mass is 79.9. The number of pyridine rings is 2. The summed E-state index contributed by atoms with van der Waals surface area (Å²) in [5, 5.41) is 1.22. The quantitative estimate of drug-likeness (QED) is 0.738. The molecule has 0 saturated heterocycles. The van der Waals surface area contributed by atoms with Gasteiger partial charge >= 0.3 is 0 Å². The molecule has 2 aromatic heterocycles. The minimum absolute atomic E-state index is 0.206. The van der Waals surface area contributed by atoms with E-state index in [4.69, 9.17) is 11.6 Å². The van der Waals surface area contributed by atoms with Crippen LogP contribution in [0.15, 0.2) is 27.6 Å². The standard InChI is InChI=1S/C8H4BrClN2O/c9-6-7-4(3-11-8(6)13)1-2-5(10)12-7/h1-3H,(H,11,13). The van der Waals surface area contributed by atoms with Gasteiger partial charge in [-0.25, -0.2) is 4.98 Å². The molecule has 1 N–H and O–H groups in total. The Bertz CT molecular complexity index is 523. The first-order valence-corrected chi connectivity index (χ1v) is 4.69. The average Bonchev–Trinajstić information content (AvgIpc) is 2.12. The van der Waals surface area contributed by atoms with E-state index < -0.39 is 0 Å². The summed E-state index contributed by atoms with van der Waals surface area (Å²) in [6.07, 6.45) is 1.60. The Morgan fingerprint density at radius 2 is 2.23 bits per heavy atom. The Morgan fingerprint density at radius 1 is 1.46 bits per heavy atom. The van der Waals surface area contributed by atoms with E-state index in [2.05, 4.69) is 25.9 Å². The molecular weight excluding hydrogens is 255 g/mol. The molecule has 0 atom stereocenters. The van der Waals surface area contributed by atoms with E-state index >= 15 is 0 Å². The van der Waals surface area contributed by atoms with Gasteiger partial charge in [0.25, 0.3) is 5.56 Å². The lowest BCUT2D eigenvalue weighted by molar-refractivity contribution is 1.23. The third kappa shape index (κ3) is 1.47. The Labute approximate surface area is 86.9 Å². The lowest BCUT2D eigenvalue weighted by Gasteiger charge is -1.98. The van der Waals surface area contributed by atoms with Crippen LogP contribution in [0, 0.1) is 0 Å². The molecule has 0 aliphatic rings. The second-order valence-corrected chi connectivity index (χ2v) is 3.68. The maximum atomic E-state index is 11.2. The van der Waals surface area contributed by atoms with Crippen LogP contribution in [0.5, 0.6) is 0 Å². The van der Waals surface area contributed by atoms with Crippen LogP contribution < -0.4 is 5.56 Å². The minimum Gasteiger partial charge on any atom is -0.327 e. The normalized spacial score (nSPS) is 10.6. The predicted molar refractivity (Wildman–Crippen MR) is 55.1 cm³/mol. The maximum absolute atomic E-state index is 11.2. The zero-order valence-corrected chi connectivity index (χ0v) is 8.69. The smallest absolute Gasteiger partial charge is 0.264 e.